The number of hydrogen-bond donors (Lipinski definition) is 1. The molecule has 2 aromatic heterocycles. The Morgan fingerprint density at radius 2 is 2.00 bits per heavy atom. The highest BCUT2D eigenvalue weighted by Gasteiger charge is 2.30. The van der Waals surface area contributed by atoms with Gasteiger partial charge in [0.1, 0.15) is 17.1 Å². The smallest absolute Gasteiger partial charge is 0.128 e. The number of aliphatic hydroxyl groups is 1. The zero-order chi connectivity index (χ0) is 22.3. The second-order valence-electron chi connectivity index (χ2n) is 8.08. The molecule has 0 bridgehead atoms. The van der Waals surface area contributed by atoms with E-state index in [-0.39, 0.29) is 5.82 Å². The molecular weight excluding hydrogens is 495 g/mol. The summed E-state index contributed by atoms with van der Waals surface area (Å²) in [5, 5.41) is 15.9. The largest absolute Gasteiger partial charge is 0.384 e. The molecule has 3 aromatic rings. The van der Waals surface area contributed by atoms with Gasteiger partial charge in [-0.25, -0.2) is 9.07 Å². The number of aromatic nitrogens is 2. The minimum atomic E-state index is -1.15. The van der Waals surface area contributed by atoms with E-state index >= 15 is 0 Å². The first-order valence-electron chi connectivity index (χ1n) is 9.98. The highest BCUT2D eigenvalue weighted by atomic mass is 79.9. The molecule has 0 amide bonds. The number of thioether (sulfide) groups is 1. The Balaban J connectivity index is 1.86. The summed E-state index contributed by atoms with van der Waals surface area (Å²) in [5.41, 5.74) is 2.66. The molecule has 7 heteroatoms. The Morgan fingerprint density at radius 1 is 1.26 bits per heavy atom. The monoisotopic (exact) mass is 518 g/mol. The first-order chi connectivity index (χ1) is 14.7. The molecule has 1 aliphatic carbocycles. The van der Waals surface area contributed by atoms with Crippen LogP contribution in [0.5, 0.6) is 0 Å². The van der Waals surface area contributed by atoms with Crippen LogP contribution in [0.25, 0.3) is 21.8 Å². The van der Waals surface area contributed by atoms with Gasteiger partial charge in [-0.2, -0.15) is 16.9 Å². The van der Waals surface area contributed by atoms with Crippen molar-refractivity contribution in [2.24, 2.45) is 0 Å². The van der Waals surface area contributed by atoms with Gasteiger partial charge in [0, 0.05) is 15.7 Å². The summed E-state index contributed by atoms with van der Waals surface area (Å²) in [4.78, 5) is 2.21. The van der Waals surface area contributed by atoms with Gasteiger partial charge in [0.05, 0.1) is 20.7 Å². The van der Waals surface area contributed by atoms with Gasteiger partial charge in [-0.05, 0) is 79.2 Å². The fourth-order valence-corrected chi connectivity index (χ4v) is 6.38. The molecule has 0 aliphatic heterocycles. The highest BCUT2D eigenvalue weighted by molar-refractivity contribution is 9.10. The second-order valence-corrected chi connectivity index (χ2v) is 11.0. The minimum absolute atomic E-state index is 0.283. The molecule has 0 fully saturated rings. The quantitative estimate of drug-likeness (QED) is 0.390. The van der Waals surface area contributed by atoms with Crippen molar-refractivity contribution >= 4 is 44.6 Å². The van der Waals surface area contributed by atoms with E-state index in [1.165, 1.54) is 16.5 Å². The van der Waals surface area contributed by atoms with Crippen LogP contribution in [0.4, 0.5) is 4.39 Å². The lowest BCUT2D eigenvalue weighted by Crippen LogP contribution is -2.17. The van der Waals surface area contributed by atoms with Crippen LogP contribution in [0, 0.1) is 12.7 Å². The molecule has 2 heterocycles. The van der Waals surface area contributed by atoms with Gasteiger partial charge < -0.3 is 5.11 Å². The van der Waals surface area contributed by atoms with Gasteiger partial charge in [0.15, 0.2) is 0 Å². The third-order valence-electron chi connectivity index (χ3n) is 5.38. The molecule has 1 unspecified atom stereocenters. The van der Waals surface area contributed by atoms with Crippen LogP contribution in [0.15, 0.2) is 53.0 Å². The molecule has 0 spiro atoms. The Bertz CT molecular complexity index is 1190. The molecule has 3 nitrogen and oxygen atoms in total. The van der Waals surface area contributed by atoms with E-state index < -0.39 is 5.60 Å². The topological polar surface area (TPSA) is 38.1 Å². The predicted molar refractivity (Wildman–Crippen MR) is 134 cm³/mol. The first kappa shape index (κ1) is 22.5. The van der Waals surface area contributed by atoms with Gasteiger partial charge >= 0.3 is 0 Å². The molecule has 1 aliphatic rings. The molecule has 1 N–H and O–H groups in total. The zero-order valence-corrected chi connectivity index (χ0v) is 21.0. The number of thiophene rings is 1. The lowest BCUT2D eigenvalue weighted by molar-refractivity contribution is 0.0727. The number of allylic oxidation sites excluding steroid dienone is 3. The van der Waals surface area contributed by atoms with Crippen molar-refractivity contribution in [3.05, 3.63) is 75.0 Å². The molecule has 1 aromatic carbocycles. The molecule has 0 saturated carbocycles. The Morgan fingerprint density at radius 3 is 2.71 bits per heavy atom. The standard InChI is InChI=1S/C24H24BrFN2OS2/c1-14-17(26)9-6-10-18(14)28-22(21(25)23(27-28)24(2,3)29)20-12-11-19(31-20)15-7-5-8-16(13-15)30-4/h5-12,16,29H,13H2,1-4H3. The van der Waals surface area contributed by atoms with E-state index in [9.17, 15) is 9.50 Å². The number of benzene rings is 1. The predicted octanol–water partition coefficient (Wildman–Crippen LogP) is 7.11. The van der Waals surface area contributed by atoms with E-state index in [0.29, 0.717) is 22.2 Å². The summed E-state index contributed by atoms with van der Waals surface area (Å²) < 4.78 is 16.8. The average molecular weight is 520 g/mol. The van der Waals surface area contributed by atoms with Crippen molar-refractivity contribution in [3.63, 3.8) is 0 Å². The molecule has 0 saturated heterocycles. The number of nitrogens with zero attached hydrogens (tertiary/aromatic N) is 2. The fourth-order valence-electron chi connectivity index (χ4n) is 3.63. The third kappa shape index (κ3) is 4.33. The maximum absolute atomic E-state index is 14.3. The van der Waals surface area contributed by atoms with E-state index in [0.717, 1.165) is 21.5 Å². The number of halogens is 2. The summed E-state index contributed by atoms with van der Waals surface area (Å²) in [6, 6.07) is 9.19. The fraction of sp³-hybridized carbons (Fsp3) is 0.292. The van der Waals surface area contributed by atoms with Gasteiger partial charge in [-0.3, -0.25) is 0 Å². The van der Waals surface area contributed by atoms with Crippen LogP contribution in [0.2, 0.25) is 0 Å². The third-order valence-corrected chi connectivity index (χ3v) is 8.23. The number of hydrogen-bond acceptors (Lipinski definition) is 4. The van der Waals surface area contributed by atoms with E-state index in [1.807, 2.05) is 17.8 Å². The molecule has 1 atom stereocenters. The average Bonchev–Trinajstić information content (AvgIpc) is 3.34. The Kier molecular flexibility index (Phi) is 6.32. The van der Waals surface area contributed by atoms with Crippen molar-refractivity contribution in [2.45, 2.75) is 38.0 Å². The first-order valence-corrected chi connectivity index (χ1v) is 12.9. The van der Waals surface area contributed by atoms with Crippen LogP contribution >= 0.6 is 39.0 Å². The maximum Gasteiger partial charge on any atom is 0.128 e. The second kappa shape index (κ2) is 8.70. The maximum atomic E-state index is 14.3. The highest BCUT2D eigenvalue weighted by Crippen LogP contribution is 2.43. The van der Waals surface area contributed by atoms with Crippen molar-refractivity contribution in [1.29, 1.82) is 0 Å². The number of rotatable bonds is 5. The Labute approximate surface area is 198 Å². The molecule has 162 valence electrons. The van der Waals surface area contributed by atoms with E-state index in [2.05, 4.69) is 52.5 Å². The summed E-state index contributed by atoms with van der Waals surface area (Å²) in [6.07, 6.45) is 9.66. The summed E-state index contributed by atoms with van der Waals surface area (Å²) >= 11 is 7.22. The van der Waals surface area contributed by atoms with Gasteiger partial charge in [0.2, 0.25) is 0 Å². The van der Waals surface area contributed by atoms with Gasteiger partial charge in [0.25, 0.3) is 0 Å². The molecular formula is C24H24BrFN2OS2. The summed E-state index contributed by atoms with van der Waals surface area (Å²) in [5.74, 6) is -0.283. The van der Waals surface area contributed by atoms with Crippen LogP contribution < -0.4 is 0 Å². The SMILES string of the molecule is CSC1C=CC=C(c2ccc(-c3c(Br)c(C(C)(C)O)nn3-c3cccc(F)c3C)s2)C1. The van der Waals surface area contributed by atoms with Crippen molar-refractivity contribution in [1.82, 2.24) is 9.78 Å². The normalized spacial score (nSPS) is 16.6. The van der Waals surface area contributed by atoms with Crippen LogP contribution in [-0.4, -0.2) is 26.4 Å². The molecule has 4 rings (SSSR count). The van der Waals surface area contributed by atoms with Gasteiger partial charge in [-0.1, -0.05) is 24.3 Å². The van der Waals surface area contributed by atoms with Crippen LogP contribution in [-0.2, 0) is 5.60 Å². The van der Waals surface area contributed by atoms with Crippen molar-refractivity contribution in [2.75, 3.05) is 6.26 Å². The Hall–Kier alpha value is -1.67. The van der Waals surface area contributed by atoms with Crippen molar-refractivity contribution < 1.29 is 9.50 Å². The lowest BCUT2D eigenvalue weighted by Gasteiger charge is -2.15. The zero-order valence-electron chi connectivity index (χ0n) is 17.8. The molecule has 0 radical (unpaired) electrons. The van der Waals surface area contributed by atoms with E-state index in [4.69, 9.17) is 5.10 Å². The van der Waals surface area contributed by atoms with Crippen LogP contribution in [0.3, 0.4) is 0 Å². The lowest BCUT2D eigenvalue weighted by atomic mass is 10.0. The van der Waals surface area contributed by atoms with E-state index in [1.54, 1.807) is 42.9 Å². The van der Waals surface area contributed by atoms with Crippen LogP contribution in [0.1, 0.15) is 36.4 Å². The van der Waals surface area contributed by atoms with Gasteiger partial charge in [-0.15, -0.1) is 11.3 Å². The molecule has 31 heavy (non-hydrogen) atoms. The minimum Gasteiger partial charge on any atom is -0.384 e. The summed E-state index contributed by atoms with van der Waals surface area (Å²) in [6.45, 7) is 5.15. The summed E-state index contributed by atoms with van der Waals surface area (Å²) in [7, 11) is 0. The van der Waals surface area contributed by atoms with Crippen molar-refractivity contribution in [3.8, 4) is 16.3 Å².